The average molecular weight is 1060 g/mol. The van der Waals surface area contributed by atoms with Gasteiger partial charge in [-0.25, -0.2) is 4.79 Å². The number of unbranched alkanes of at least 4 members (excludes halogenated alkanes) is 24. The maximum Gasteiger partial charge on any atom is 0.335 e. The number of rotatable bonds is 50. The van der Waals surface area contributed by atoms with Crippen LogP contribution in [-0.2, 0) is 42.9 Å². The summed E-state index contributed by atoms with van der Waals surface area (Å²) < 4.78 is 28.4. The second-order valence-electron chi connectivity index (χ2n) is 20.2. The first-order valence-electron chi connectivity index (χ1n) is 29.9. The number of esters is 3. The smallest absolute Gasteiger partial charge is 0.335 e. The summed E-state index contributed by atoms with van der Waals surface area (Å²) in [6, 6.07) is 0. The summed E-state index contributed by atoms with van der Waals surface area (Å²) in [5.74, 6) is -3.15. The van der Waals surface area contributed by atoms with Crippen LogP contribution in [0.3, 0.4) is 0 Å². The highest BCUT2D eigenvalue weighted by atomic mass is 16.7. The number of carboxylic acid groups (broad SMARTS) is 1. The van der Waals surface area contributed by atoms with Crippen LogP contribution in [0.5, 0.6) is 0 Å². The maximum atomic E-state index is 13.2. The molecule has 0 bridgehead atoms. The first kappa shape index (κ1) is 69.2. The number of carbonyl (C=O) groups is 4. The average Bonchev–Trinajstić information content (AvgIpc) is 3.39. The van der Waals surface area contributed by atoms with Crippen LogP contribution in [0.1, 0.15) is 252 Å². The molecule has 0 aromatic rings. The predicted octanol–water partition coefficient (Wildman–Crippen LogP) is 15.3. The van der Waals surface area contributed by atoms with E-state index < -0.39 is 67.3 Å². The van der Waals surface area contributed by atoms with Crippen molar-refractivity contribution in [3.8, 4) is 0 Å². The van der Waals surface area contributed by atoms with Gasteiger partial charge in [0, 0.05) is 19.3 Å². The predicted molar refractivity (Wildman–Crippen MR) is 303 cm³/mol. The molecule has 430 valence electrons. The van der Waals surface area contributed by atoms with E-state index in [1.54, 1.807) is 0 Å². The van der Waals surface area contributed by atoms with E-state index in [9.17, 15) is 34.5 Å². The van der Waals surface area contributed by atoms with Crippen molar-refractivity contribution in [2.45, 2.75) is 289 Å². The zero-order valence-corrected chi connectivity index (χ0v) is 47.3. The van der Waals surface area contributed by atoms with Gasteiger partial charge >= 0.3 is 23.9 Å². The minimum absolute atomic E-state index is 0.0384. The van der Waals surface area contributed by atoms with Crippen LogP contribution in [0, 0.1) is 0 Å². The van der Waals surface area contributed by atoms with Gasteiger partial charge in [-0.3, -0.25) is 14.4 Å². The Labute approximate surface area is 455 Å². The summed E-state index contributed by atoms with van der Waals surface area (Å²) in [6.07, 6.45) is 51.5. The number of carboxylic acids is 1. The lowest BCUT2D eigenvalue weighted by Crippen LogP contribution is -2.61. The number of aliphatic hydroxyl groups is 2. The summed E-state index contributed by atoms with van der Waals surface area (Å²) in [6.45, 7) is 5.76. The molecule has 0 spiro atoms. The number of aliphatic hydroxyl groups excluding tert-OH is 2. The number of aliphatic carboxylic acids is 1. The van der Waals surface area contributed by atoms with E-state index in [-0.39, 0.29) is 25.9 Å². The number of carbonyl (C=O) groups excluding carboxylic acids is 3. The van der Waals surface area contributed by atoms with Crippen molar-refractivity contribution in [3.05, 3.63) is 72.9 Å². The van der Waals surface area contributed by atoms with Gasteiger partial charge < -0.3 is 39.0 Å². The van der Waals surface area contributed by atoms with Crippen molar-refractivity contribution >= 4 is 23.9 Å². The third-order valence-corrected chi connectivity index (χ3v) is 13.3. The number of allylic oxidation sites excluding steroid dienone is 12. The van der Waals surface area contributed by atoms with E-state index in [4.69, 9.17) is 23.7 Å². The van der Waals surface area contributed by atoms with Gasteiger partial charge in [0.1, 0.15) is 18.8 Å². The molecule has 12 nitrogen and oxygen atoms in total. The second-order valence-corrected chi connectivity index (χ2v) is 20.2. The number of ether oxygens (including phenoxy) is 5. The van der Waals surface area contributed by atoms with Crippen molar-refractivity contribution in [1.29, 1.82) is 0 Å². The molecular formula is C63H106O12. The van der Waals surface area contributed by atoms with Crippen LogP contribution >= 0.6 is 0 Å². The molecule has 6 unspecified atom stereocenters. The molecule has 0 aromatic carbocycles. The molecular weight excluding hydrogens is 949 g/mol. The molecule has 1 fully saturated rings. The van der Waals surface area contributed by atoms with E-state index in [2.05, 4.69) is 93.7 Å². The molecule has 12 heteroatoms. The Morgan fingerprint density at radius 3 is 1.28 bits per heavy atom. The first-order valence-corrected chi connectivity index (χ1v) is 29.9. The monoisotopic (exact) mass is 1050 g/mol. The van der Waals surface area contributed by atoms with Crippen LogP contribution in [0.15, 0.2) is 72.9 Å². The second kappa shape index (κ2) is 50.9. The van der Waals surface area contributed by atoms with Crippen LogP contribution in [-0.4, -0.2) is 89.2 Å². The molecule has 0 amide bonds. The normalized spacial score (nSPS) is 18.7. The summed E-state index contributed by atoms with van der Waals surface area (Å²) >= 11 is 0. The van der Waals surface area contributed by atoms with Gasteiger partial charge in [-0.05, 0) is 83.5 Å². The zero-order valence-electron chi connectivity index (χ0n) is 47.3. The molecule has 0 radical (unpaired) electrons. The lowest BCUT2D eigenvalue weighted by Gasteiger charge is -2.40. The van der Waals surface area contributed by atoms with E-state index >= 15 is 0 Å². The molecule has 1 heterocycles. The number of hydrogen-bond acceptors (Lipinski definition) is 11. The summed E-state index contributed by atoms with van der Waals surface area (Å²) in [7, 11) is 0. The molecule has 0 saturated carbocycles. The molecule has 1 aliphatic heterocycles. The van der Waals surface area contributed by atoms with Gasteiger partial charge in [-0.1, -0.05) is 222 Å². The fourth-order valence-corrected chi connectivity index (χ4v) is 8.75. The van der Waals surface area contributed by atoms with Gasteiger partial charge in [0.05, 0.1) is 6.61 Å². The van der Waals surface area contributed by atoms with Crippen molar-refractivity contribution < 1.29 is 58.2 Å². The van der Waals surface area contributed by atoms with Gasteiger partial charge in [0.25, 0.3) is 0 Å². The molecule has 0 aromatic heterocycles. The SMILES string of the molecule is CC/C=C\C/C=C\C/C=C\CCCCCCCC(=O)OCC(COC1OC(C(=O)O)C(O)C(O)C1OC(=O)CCCCCCC/C=C\C/C=C\C/C=C\CC)OC(=O)CCCCCCCCCCCCCCCCC. The molecule has 1 saturated heterocycles. The van der Waals surface area contributed by atoms with Gasteiger partial charge in [-0.2, -0.15) is 0 Å². The van der Waals surface area contributed by atoms with Crippen LogP contribution in [0.25, 0.3) is 0 Å². The highest BCUT2D eigenvalue weighted by molar-refractivity contribution is 5.74. The Balaban J connectivity index is 2.71. The van der Waals surface area contributed by atoms with Crippen LogP contribution < -0.4 is 0 Å². The van der Waals surface area contributed by atoms with Crippen molar-refractivity contribution in [3.63, 3.8) is 0 Å². The fraction of sp³-hybridized carbons (Fsp3) is 0.746. The highest BCUT2D eigenvalue weighted by Crippen LogP contribution is 2.26. The summed E-state index contributed by atoms with van der Waals surface area (Å²) in [5, 5.41) is 31.5. The Hall–Kier alpha value is -3.84. The van der Waals surface area contributed by atoms with E-state index in [0.29, 0.717) is 19.3 Å². The molecule has 3 N–H and O–H groups in total. The first-order chi connectivity index (χ1) is 36.6. The Morgan fingerprint density at radius 2 is 0.840 bits per heavy atom. The quantitative estimate of drug-likeness (QED) is 0.0228. The van der Waals surface area contributed by atoms with Crippen LogP contribution in [0.4, 0.5) is 0 Å². The van der Waals surface area contributed by atoms with E-state index in [1.807, 2.05) is 0 Å². The fourth-order valence-electron chi connectivity index (χ4n) is 8.75. The standard InChI is InChI=1S/C63H106O12/c1-4-7-10-13-16-19-22-25-28-31-34-37-40-43-46-49-55(64)71-52-54(73-56(65)50-47-44-41-38-35-32-29-26-23-20-17-14-11-8-5-2)53-72-63-61(59(68)58(67)60(75-63)62(69)70)74-57(66)51-48-45-42-39-36-33-30-27-24-21-18-15-12-9-6-3/h7,9-10,12,16,18-19,21,25,27-28,30,54,58-61,63,67-68H,4-6,8,11,13-15,17,20,22-24,26,29,31-53H2,1-3H3,(H,69,70)/b10-7-,12-9-,19-16-,21-18-,28-25-,30-27-. The Kier molecular flexibility index (Phi) is 47.0. The number of hydrogen-bond donors (Lipinski definition) is 3. The summed E-state index contributed by atoms with van der Waals surface area (Å²) in [4.78, 5) is 51.1. The topological polar surface area (TPSA) is 175 Å². The third kappa shape index (κ3) is 41.0. The lowest BCUT2D eigenvalue weighted by atomic mass is 9.98. The summed E-state index contributed by atoms with van der Waals surface area (Å²) in [5.41, 5.74) is 0. The van der Waals surface area contributed by atoms with Gasteiger partial charge in [0.15, 0.2) is 24.6 Å². The van der Waals surface area contributed by atoms with Crippen molar-refractivity contribution in [1.82, 2.24) is 0 Å². The molecule has 6 atom stereocenters. The Morgan fingerprint density at radius 1 is 0.453 bits per heavy atom. The molecule has 0 aliphatic carbocycles. The van der Waals surface area contributed by atoms with Crippen LogP contribution in [0.2, 0.25) is 0 Å². The lowest BCUT2D eigenvalue weighted by molar-refractivity contribution is -0.301. The highest BCUT2D eigenvalue weighted by Gasteiger charge is 2.50. The Bertz CT molecular complexity index is 1580. The van der Waals surface area contributed by atoms with Gasteiger partial charge in [-0.15, -0.1) is 0 Å². The van der Waals surface area contributed by atoms with Crippen molar-refractivity contribution in [2.75, 3.05) is 13.2 Å². The minimum atomic E-state index is -1.91. The molecule has 1 aliphatic rings. The minimum Gasteiger partial charge on any atom is -0.479 e. The largest absolute Gasteiger partial charge is 0.479 e. The van der Waals surface area contributed by atoms with E-state index in [0.717, 1.165) is 122 Å². The zero-order chi connectivity index (χ0) is 54.7. The molecule has 75 heavy (non-hydrogen) atoms. The maximum absolute atomic E-state index is 13.2. The van der Waals surface area contributed by atoms with Crippen molar-refractivity contribution in [2.24, 2.45) is 0 Å². The molecule has 1 rings (SSSR count). The van der Waals surface area contributed by atoms with E-state index in [1.165, 1.54) is 70.6 Å². The van der Waals surface area contributed by atoms with Gasteiger partial charge in [0.2, 0.25) is 0 Å². The third-order valence-electron chi connectivity index (χ3n) is 13.3.